The lowest BCUT2D eigenvalue weighted by molar-refractivity contribution is 0.262. The number of hydrogen-bond donors (Lipinski definition) is 3. The Bertz CT molecular complexity index is 1050. The Morgan fingerprint density at radius 2 is 1.45 bits per heavy atom. The van der Waals surface area contributed by atoms with Crippen molar-refractivity contribution < 1.29 is 14.3 Å². The zero-order valence-corrected chi connectivity index (χ0v) is 18.2. The van der Waals surface area contributed by atoms with Gasteiger partial charge in [0.1, 0.15) is 5.82 Å². The molecule has 1 aromatic heterocycles. The monoisotopic (exact) mass is 422 g/mol. The number of amides is 2. The van der Waals surface area contributed by atoms with E-state index >= 15 is 0 Å². The SMILES string of the molecule is COc1ccc(NC(=O)Nc2ccc(Nc3nc(C)cc(N(C)C)n3)cc2)cc1OC. The molecule has 0 spiro atoms. The van der Waals surface area contributed by atoms with Crippen LogP contribution < -0.4 is 30.3 Å². The third kappa shape index (κ3) is 5.75. The van der Waals surface area contributed by atoms with Crippen LogP contribution in [0.2, 0.25) is 0 Å². The van der Waals surface area contributed by atoms with Gasteiger partial charge in [-0.3, -0.25) is 0 Å². The number of ether oxygens (including phenoxy) is 2. The van der Waals surface area contributed by atoms with Crippen LogP contribution in [0.15, 0.2) is 48.5 Å². The first-order valence-electron chi connectivity index (χ1n) is 9.58. The molecule has 9 nitrogen and oxygen atoms in total. The van der Waals surface area contributed by atoms with E-state index in [1.54, 1.807) is 44.6 Å². The summed E-state index contributed by atoms with van der Waals surface area (Å²) >= 11 is 0. The van der Waals surface area contributed by atoms with Gasteiger partial charge in [0.25, 0.3) is 0 Å². The van der Waals surface area contributed by atoms with Crippen molar-refractivity contribution in [3.63, 3.8) is 0 Å². The van der Waals surface area contributed by atoms with Crippen LogP contribution in [0.3, 0.4) is 0 Å². The van der Waals surface area contributed by atoms with Crippen LogP contribution in [-0.2, 0) is 0 Å². The molecule has 3 rings (SSSR count). The van der Waals surface area contributed by atoms with Crippen LogP contribution in [0.4, 0.5) is 33.6 Å². The van der Waals surface area contributed by atoms with E-state index in [0.29, 0.717) is 28.8 Å². The van der Waals surface area contributed by atoms with Gasteiger partial charge in [-0.2, -0.15) is 4.98 Å². The lowest BCUT2D eigenvalue weighted by Gasteiger charge is -2.14. The molecule has 0 saturated carbocycles. The van der Waals surface area contributed by atoms with Crippen molar-refractivity contribution in [3.05, 3.63) is 54.2 Å². The van der Waals surface area contributed by atoms with Crippen LogP contribution in [0.5, 0.6) is 11.5 Å². The van der Waals surface area contributed by atoms with Crippen molar-refractivity contribution in [2.45, 2.75) is 6.92 Å². The third-order valence-corrected chi connectivity index (χ3v) is 4.34. The average molecular weight is 422 g/mol. The Kier molecular flexibility index (Phi) is 6.76. The van der Waals surface area contributed by atoms with E-state index in [1.807, 2.05) is 44.1 Å². The Labute approximate surface area is 181 Å². The Morgan fingerprint density at radius 1 is 0.839 bits per heavy atom. The van der Waals surface area contributed by atoms with Crippen molar-refractivity contribution in [1.29, 1.82) is 0 Å². The number of hydrogen-bond acceptors (Lipinski definition) is 7. The summed E-state index contributed by atoms with van der Waals surface area (Å²) in [6.45, 7) is 1.92. The second kappa shape index (κ2) is 9.66. The van der Waals surface area contributed by atoms with Crippen molar-refractivity contribution in [3.8, 4) is 11.5 Å². The number of benzene rings is 2. The number of rotatable bonds is 7. The number of carbonyl (C=O) groups is 1. The van der Waals surface area contributed by atoms with Gasteiger partial charge >= 0.3 is 6.03 Å². The number of carbonyl (C=O) groups excluding carboxylic acids is 1. The molecule has 0 aliphatic carbocycles. The number of nitrogens with zero attached hydrogens (tertiary/aromatic N) is 3. The van der Waals surface area contributed by atoms with Gasteiger partial charge in [-0.25, -0.2) is 9.78 Å². The highest BCUT2D eigenvalue weighted by molar-refractivity contribution is 6.00. The quantitative estimate of drug-likeness (QED) is 0.523. The highest BCUT2D eigenvalue weighted by atomic mass is 16.5. The molecule has 0 bridgehead atoms. The minimum atomic E-state index is -0.370. The summed E-state index contributed by atoms with van der Waals surface area (Å²) in [7, 11) is 6.96. The Balaban J connectivity index is 1.62. The highest BCUT2D eigenvalue weighted by Crippen LogP contribution is 2.29. The topological polar surface area (TPSA) is 101 Å². The van der Waals surface area contributed by atoms with Crippen LogP contribution in [-0.4, -0.2) is 44.3 Å². The van der Waals surface area contributed by atoms with Crippen molar-refractivity contribution in [2.75, 3.05) is 49.2 Å². The molecule has 0 unspecified atom stereocenters. The van der Waals surface area contributed by atoms with Crippen LogP contribution in [0.1, 0.15) is 5.69 Å². The molecular weight excluding hydrogens is 396 g/mol. The summed E-state index contributed by atoms with van der Waals surface area (Å²) < 4.78 is 10.4. The van der Waals surface area contributed by atoms with Crippen LogP contribution in [0.25, 0.3) is 0 Å². The normalized spacial score (nSPS) is 10.2. The molecule has 3 N–H and O–H groups in total. The summed E-state index contributed by atoms with van der Waals surface area (Å²) in [6.07, 6.45) is 0. The van der Waals surface area contributed by atoms with Crippen molar-refractivity contribution in [1.82, 2.24) is 9.97 Å². The molecule has 162 valence electrons. The van der Waals surface area contributed by atoms with Gasteiger partial charge < -0.3 is 30.3 Å². The number of methoxy groups -OCH3 is 2. The summed E-state index contributed by atoms with van der Waals surface area (Å²) in [6, 6.07) is 14.0. The van der Waals surface area contributed by atoms with E-state index < -0.39 is 0 Å². The Morgan fingerprint density at radius 3 is 2.10 bits per heavy atom. The van der Waals surface area contributed by atoms with Gasteiger partial charge in [-0.05, 0) is 43.3 Å². The van der Waals surface area contributed by atoms with Crippen molar-refractivity contribution >= 4 is 34.9 Å². The van der Waals surface area contributed by atoms with E-state index in [-0.39, 0.29) is 6.03 Å². The molecule has 0 aliphatic rings. The molecule has 0 saturated heterocycles. The molecule has 0 radical (unpaired) electrons. The summed E-state index contributed by atoms with van der Waals surface area (Å²) in [4.78, 5) is 23.1. The molecule has 2 aromatic carbocycles. The van der Waals surface area contributed by atoms with Crippen LogP contribution >= 0.6 is 0 Å². The first-order valence-corrected chi connectivity index (χ1v) is 9.58. The van der Waals surface area contributed by atoms with E-state index in [9.17, 15) is 4.79 Å². The largest absolute Gasteiger partial charge is 0.493 e. The molecule has 0 fully saturated rings. The number of nitrogens with one attached hydrogen (secondary N) is 3. The number of aryl methyl sites for hydroxylation is 1. The molecule has 0 aliphatic heterocycles. The minimum absolute atomic E-state index is 0.370. The standard InChI is InChI=1S/C22H26N6O3/c1-14-12-20(28(2)3)27-21(23-14)24-15-6-8-16(9-7-15)25-22(29)26-17-10-11-18(30-4)19(13-17)31-5/h6-13H,1-5H3,(H,23,24,27)(H2,25,26,29). The second-order valence-corrected chi connectivity index (χ2v) is 6.94. The van der Waals surface area contributed by atoms with Gasteiger partial charge in [0, 0.05) is 49.0 Å². The van der Waals surface area contributed by atoms with E-state index in [2.05, 4.69) is 25.9 Å². The molecule has 1 heterocycles. The zero-order chi connectivity index (χ0) is 22.4. The van der Waals surface area contributed by atoms with Crippen molar-refractivity contribution in [2.24, 2.45) is 0 Å². The lowest BCUT2D eigenvalue weighted by Crippen LogP contribution is -2.19. The Hall–Kier alpha value is -4.01. The van der Waals surface area contributed by atoms with Crippen LogP contribution in [0, 0.1) is 6.92 Å². The minimum Gasteiger partial charge on any atom is -0.493 e. The summed E-state index contributed by atoms with van der Waals surface area (Å²) in [5.41, 5.74) is 2.90. The van der Waals surface area contributed by atoms with Gasteiger partial charge in [-0.1, -0.05) is 0 Å². The average Bonchev–Trinajstić information content (AvgIpc) is 2.74. The maximum atomic E-state index is 12.3. The molecule has 9 heteroatoms. The molecular formula is C22H26N6O3. The molecule has 2 amide bonds. The zero-order valence-electron chi connectivity index (χ0n) is 18.2. The molecule has 0 atom stereocenters. The maximum Gasteiger partial charge on any atom is 0.323 e. The predicted molar refractivity (Wildman–Crippen MR) is 123 cm³/mol. The fourth-order valence-corrected chi connectivity index (χ4v) is 2.81. The smallest absolute Gasteiger partial charge is 0.323 e. The number of anilines is 5. The summed E-state index contributed by atoms with van der Waals surface area (Å²) in [5.74, 6) is 2.45. The fraction of sp³-hybridized carbons (Fsp3) is 0.227. The number of urea groups is 1. The molecule has 3 aromatic rings. The van der Waals surface area contributed by atoms with Gasteiger partial charge in [0.15, 0.2) is 11.5 Å². The first kappa shape index (κ1) is 21.7. The predicted octanol–water partition coefficient (Wildman–Crippen LogP) is 4.26. The fourth-order valence-electron chi connectivity index (χ4n) is 2.81. The van der Waals surface area contributed by atoms with E-state index in [0.717, 1.165) is 17.2 Å². The first-order chi connectivity index (χ1) is 14.9. The maximum absolute atomic E-state index is 12.3. The summed E-state index contributed by atoms with van der Waals surface area (Å²) in [5, 5.41) is 8.74. The third-order valence-electron chi connectivity index (χ3n) is 4.34. The van der Waals surface area contributed by atoms with E-state index in [1.165, 1.54) is 0 Å². The van der Waals surface area contributed by atoms with Gasteiger partial charge in [0.05, 0.1) is 14.2 Å². The molecule has 31 heavy (non-hydrogen) atoms. The second-order valence-electron chi connectivity index (χ2n) is 6.94. The number of aromatic nitrogens is 2. The lowest BCUT2D eigenvalue weighted by atomic mass is 10.2. The van der Waals surface area contributed by atoms with Gasteiger partial charge in [-0.15, -0.1) is 0 Å². The highest BCUT2D eigenvalue weighted by Gasteiger charge is 2.08. The van der Waals surface area contributed by atoms with Gasteiger partial charge in [0.2, 0.25) is 5.95 Å². The van der Waals surface area contributed by atoms with E-state index in [4.69, 9.17) is 9.47 Å².